The number of sulfonamides is 1. The number of anilines is 1. The van der Waals surface area contributed by atoms with Crippen LogP contribution in [0.2, 0.25) is 0 Å². The van der Waals surface area contributed by atoms with Gasteiger partial charge in [-0.2, -0.15) is 9.04 Å². The quantitative estimate of drug-likeness (QED) is 0.338. The molecule has 2 aromatic rings. The van der Waals surface area contributed by atoms with E-state index in [4.69, 9.17) is 0 Å². The number of nitrogens with one attached hydrogen (secondary N) is 1. The van der Waals surface area contributed by atoms with Crippen molar-refractivity contribution in [2.24, 2.45) is 5.92 Å². The fourth-order valence-corrected chi connectivity index (χ4v) is 7.27. The average Bonchev–Trinajstić information content (AvgIpc) is 3.50. The van der Waals surface area contributed by atoms with Crippen LogP contribution < -0.4 is 14.9 Å². The Labute approximate surface area is 235 Å². The summed E-state index contributed by atoms with van der Waals surface area (Å²) >= 11 is 0. The number of carbonyl (C=O) groups is 3. The highest BCUT2D eigenvalue weighted by molar-refractivity contribution is 7.89. The van der Waals surface area contributed by atoms with Gasteiger partial charge in [-0.25, -0.2) is 8.42 Å². The van der Waals surface area contributed by atoms with Gasteiger partial charge in [0.25, 0.3) is 5.91 Å². The molecule has 3 heterocycles. The predicted octanol–water partition coefficient (Wildman–Crippen LogP) is 1.55. The zero-order valence-corrected chi connectivity index (χ0v) is 24.1. The number of aromatic nitrogens is 1. The van der Waals surface area contributed by atoms with E-state index in [-0.39, 0.29) is 23.6 Å². The predicted molar refractivity (Wildman–Crippen MR) is 149 cm³/mol. The van der Waals surface area contributed by atoms with Gasteiger partial charge in [-0.1, -0.05) is 13.8 Å². The number of rotatable bonds is 10. The standard InChI is InChI=1S/C28H37N5O6S/c1-5-30(6-2)21-12-10-20(11-13-21)27(35)29-22(17-19(3)4)28(36)31-16-14-23-26(31)24(34)18-33(23)40(38,39)25-9-7-8-15-32(25)37/h7-13,15,19,22-23,26H,5-6,14,16-18H2,1-4H3,(H,29,35). The molecule has 2 saturated heterocycles. The second kappa shape index (κ2) is 11.9. The van der Waals surface area contributed by atoms with Crippen molar-refractivity contribution in [1.82, 2.24) is 14.5 Å². The van der Waals surface area contributed by atoms with Crippen molar-refractivity contribution in [3.63, 3.8) is 0 Å². The van der Waals surface area contributed by atoms with Gasteiger partial charge in [0.1, 0.15) is 12.1 Å². The highest BCUT2D eigenvalue weighted by Gasteiger charge is 2.55. The van der Waals surface area contributed by atoms with Gasteiger partial charge in [-0.3, -0.25) is 14.4 Å². The van der Waals surface area contributed by atoms with Crippen molar-refractivity contribution in [3.05, 3.63) is 59.4 Å². The normalized spacial score (nSPS) is 20.0. The summed E-state index contributed by atoms with van der Waals surface area (Å²) in [5.41, 5.74) is 1.41. The SMILES string of the molecule is CCN(CC)c1ccc(C(=O)NC(CC(C)C)C(=O)N2CCC3C2C(=O)CN3S(=O)(=O)c2cccc[n+]2[O-])cc1. The van der Waals surface area contributed by atoms with E-state index in [1.165, 1.54) is 23.1 Å². The van der Waals surface area contributed by atoms with Crippen molar-refractivity contribution < 1.29 is 27.5 Å². The Morgan fingerprint density at radius 3 is 2.40 bits per heavy atom. The monoisotopic (exact) mass is 571 g/mol. The molecule has 40 heavy (non-hydrogen) atoms. The number of carbonyl (C=O) groups excluding carboxylic acids is 3. The molecule has 3 unspecified atom stereocenters. The minimum absolute atomic E-state index is 0.0689. The summed E-state index contributed by atoms with van der Waals surface area (Å²) in [5, 5.41) is 14.6. The van der Waals surface area contributed by atoms with Crippen LogP contribution in [0, 0.1) is 11.1 Å². The number of hydrogen-bond donors (Lipinski definition) is 1. The lowest BCUT2D eigenvalue weighted by molar-refractivity contribution is -0.646. The summed E-state index contributed by atoms with van der Waals surface area (Å²) in [5.74, 6) is -1.15. The van der Waals surface area contributed by atoms with E-state index < -0.39 is 57.3 Å². The fraction of sp³-hybridized carbons (Fsp3) is 0.500. The van der Waals surface area contributed by atoms with Gasteiger partial charge in [-0.15, -0.1) is 0 Å². The van der Waals surface area contributed by atoms with Gasteiger partial charge in [0.05, 0.1) is 12.6 Å². The molecule has 0 aliphatic carbocycles. The second-order valence-corrected chi connectivity index (χ2v) is 12.4. The molecule has 4 rings (SSSR count). The van der Waals surface area contributed by atoms with Gasteiger partial charge >= 0.3 is 15.0 Å². The van der Waals surface area contributed by atoms with Gasteiger partial charge in [0.15, 0.2) is 12.0 Å². The lowest BCUT2D eigenvalue weighted by atomic mass is 10.0. The highest BCUT2D eigenvalue weighted by atomic mass is 32.2. The Morgan fingerprint density at radius 1 is 1.12 bits per heavy atom. The van der Waals surface area contributed by atoms with E-state index in [0.717, 1.165) is 29.3 Å². The van der Waals surface area contributed by atoms with Crippen molar-refractivity contribution in [2.45, 2.75) is 63.7 Å². The average molecular weight is 572 g/mol. The summed E-state index contributed by atoms with van der Waals surface area (Å²) < 4.78 is 27.9. The Bertz CT molecular complexity index is 1360. The summed E-state index contributed by atoms with van der Waals surface area (Å²) in [4.78, 5) is 43.6. The van der Waals surface area contributed by atoms with E-state index in [9.17, 15) is 28.0 Å². The Hall–Kier alpha value is -3.51. The van der Waals surface area contributed by atoms with E-state index in [2.05, 4.69) is 24.1 Å². The molecule has 0 bridgehead atoms. The summed E-state index contributed by atoms with van der Waals surface area (Å²) in [7, 11) is -4.26. The Kier molecular flexibility index (Phi) is 8.79. The molecule has 2 amide bonds. The summed E-state index contributed by atoms with van der Waals surface area (Å²) in [6.45, 7) is 9.41. The molecule has 0 saturated carbocycles. The Morgan fingerprint density at radius 2 is 1.80 bits per heavy atom. The molecule has 12 heteroatoms. The molecular weight excluding hydrogens is 534 g/mol. The van der Waals surface area contributed by atoms with Gasteiger partial charge in [0, 0.05) is 43.0 Å². The number of likely N-dealkylation sites (tertiary alicyclic amines) is 1. The van der Waals surface area contributed by atoms with Crippen molar-refractivity contribution >= 4 is 33.3 Å². The van der Waals surface area contributed by atoms with Crippen LogP contribution in [-0.2, 0) is 19.6 Å². The van der Waals surface area contributed by atoms with E-state index in [1.807, 2.05) is 26.0 Å². The first-order chi connectivity index (χ1) is 19.0. The van der Waals surface area contributed by atoms with E-state index in [1.54, 1.807) is 12.1 Å². The molecule has 0 spiro atoms. The molecule has 3 atom stereocenters. The molecule has 1 aromatic carbocycles. The van der Waals surface area contributed by atoms with Crippen molar-refractivity contribution in [3.8, 4) is 0 Å². The largest absolute Gasteiger partial charge is 0.618 e. The van der Waals surface area contributed by atoms with Crippen LogP contribution >= 0.6 is 0 Å². The summed E-state index contributed by atoms with van der Waals surface area (Å²) in [6, 6.07) is 8.62. The summed E-state index contributed by atoms with van der Waals surface area (Å²) in [6.07, 6.45) is 1.69. The van der Waals surface area contributed by atoms with Crippen LogP contribution in [0.3, 0.4) is 0 Å². The van der Waals surface area contributed by atoms with Gasteiger partial charge in [0.2, 0.25) is 5.91 Å². The smallest absolute Gasteiger partial charge is 0.323 e. The number of nitrogens with zero attached hydrogens (tertiary/aromatic N) is 4. The molecule has 2 fully saturated rings. The van der Waals surface area contributed by atoms with Gasteiger partial charge < -0.3 is 20.3 Å². The number of Topliss-reactive ketones (excluding diaryl/α,β-unsaturated/α-hetero) is 1. The molecule has 2 aliphatic heterocycles. The Balaban J connectivity index is 1.52. The third-order valence-corrected chi connectivity index (χ3v) is 9.45. The molecular formula is C28H37N5O6S. The van der Waals surface area contributed by atoms with Crippen LogP contribution in [0.5, 0.6) is 0 Å². The van der Waals surface area contributed by atoms with Crippen LogP contribution in [0.4, 0.5) is 5.69 Å². The van der Waals surface area contributed by atoms with E-state index in [0.29, 0.717) is 12.0 Å². The maximum Gasteiger partial charge on any atom is 0.323 e. The third kappa shape index (κ3) is 5.68. The van der Waals surface area contributed by atoms with Crippen molar-refractivity contribution in [1.29, 1.82) is 0 Å². The second-order valence-electron chi connectivity index (χ2n) is 10.6. The lowest BCUT2D eigenvalue weighted by Gasteiger charge is -2.29. The van der Waals surface area contributed by atoms with Gasteiger partial charge in [-0.05, 0) is 62.9 Å². The minimum Gasteiger partial charge on any atom is -0.618 e. The van der Waals surface area contributed by atoms with Crippen LogP contribution in [0.15, 0.2) is 53.7 Å². The first kappa shape index (κ1) is 29.5. The minimum atomic E-state index is -4.26. The number of ketones is 1. The van der Waals surface area contributed by atoms with E-state index >= 15 is 0 Å². The lowest BCUT2D eigenvalue weighted by Crippen LogP contribution is -2.53. The number of benzene rings is 1. The fourth-order valence-electron chi connectivity index (χ4n) is 5.62. The van der Waals surface area contributed by atoms with Crippen LogP contribution in [-0.4, -0.2) is 79.5 Å². The maximum atomic E-state index is 13.8. The first-order valence-corrected chi connectivity index (χ1v) is 15.1. The molecule has 11 nitrogen and oxygen atoms in total. The van der Waals surface area contributed by atoms with Crippen LogP contribution in [0.25, 0.3) is 0 Å². The zero-order valence-electron chi connectivity index (χ0n) is 23.3. The number of fused-ring (bicyclic) bond motifs is 1. The topological polar surface area (TPSA) is 134 Å². The number of hydrogen-bond acceptors (Lipinski definition) is 7. The van der Waals surface area contributed by atoms with Crippen molar-refractivity contribution in [2.75, 3.05) is 31.1 Å². The van der Waals surface area contributed by atoms with Crippen LogP contribution in [0.1, 0.15) is 50.9 Å². The highest BCUT2D eigenvalue weighted by Crippen LogP contribution is 2.34. The number of amides is 2. The molecule has 1 N–H and O–H groups in total. The maximum absolute atomic E-state index is 13.8. The third-order valence-electron chi connectivity index (χ3n) is 7.59. The molecule has 0 radical (unpaired) electrons. The molecule has 2 aliphatic rings. The molecule has 1 aromatic heterocycles. The number of pyridine rings is 1. The molecule has 216 valence electrons. The zero-order chi connectivity index (χ0) is 29.2. The first-order valence-electron chi connectivity index (χ1n) is 13.7.